The average molecular weight is 305 g/mol. The maximum atomic E-state index is 12.0. The molecule has 0 atom stereocenters. The molecule has 0 radical (unpaired) electrons. The lowest BCUT2D eigenvalue weighted by Crippen LogP contribution is -2.40. The summed E-state index contributed by atoms with van der Waals surface area (Å²) < 4.78 is 0. The van der Waals surface area contributed by atoms with E-state index in [1.54, 1.807) is 0 Å². The van der Waals surface area contributed by atoms with Crippen LogP contribution in [0.5, 0.6) is 0 Å². The Kier molecular flexibility index (Phi) is 7.60. The van der Waals surface area contributed by atoms with Crippen molar-refractivity contribution in [3.05, 3.63) is 29.8 Å². The summed E-state index contributed by atoms with van der Waals surface area (Å²) in [4.78, 5) is 27.3. The van der Waals surface area contributed by atoms with Crippen LogP contribution in [0.4, 0.5) is 5.69 Å². The van der Waals surface area contributed by atoms with Gasteiger partial charge in [0.15, 0.2) is 0 Å². The number of nitrogens with one attached hydrogen (secondary N) is 1. The molecule has 0 bridgehead atoms. The van der Waals surface area contributed by atoms with Crippen molar-refractivity contribution in [2.45, 2.75) is 26.7 Å². The van der Waals surface area contributed by atoms with Crippen LogP contribution >= 0.6 is 0 Å². The fraction of sp³-hybridized carbons (Fsp3) is 0.529. The van der Waals surface area contributed by atoms with Gasteiger partial charge in [-0.05, 0) is 51.2 Å². The van der Waals surface area contributed by atoms with Gasteiger partial charge < -0.3 is 15.1 Å². The molecule has 0 aromatic heterocycles. The standard InChI is InChI=1S/C17H27N3O2/c1-5-15-7-9-16(10-8-15)20(14(2)21)13-17(22)18-11-6-12-19(3)4/h7-10H,5-6,11-13H2,1-4H3,(H,18,22). The predicted octanol–water partition coefficient (Wildman–Crippen LogP) is 1.67. The van der Waals surface area contributed by atoms with Crippen molar-refractivity contribution in [3.8, 4) is 0 Å². The van der Waals surface area contributed by atoms with E-state index in [-0.39, 0.29) is 18.4 Å². The normalized spacial score (nSPS) is 10.6. The van der Waals surface area contributed by atoms with Crippen molar-refractivity contribution in [1.82, 2.24) is 10.2 Å². The van der Waals surface area contributed by atoms with Crippen LogP contribution in [0.15, 0.2) is 24.3 Å². The van der Waals surface area contributed by atoms with Gasteiger partial charge in [-0.1, -0.05) is 19.1 Å². The summed E-state index contributed by atoms with van der Waals surface area (Å²) in [5.74, 6) is -0.263. The number of carbonyl (C=O) groups is 2. The number of carbonyl (C=O) groups excluding carboxylic acids is 2. The molecule has 0 aliphatic carbocycles. The Bertz CT molecular complexity index is 483. The lowest BCUT2D eigenvalue weighted by Gasteiger charge is -2.21. The second-order valence-electron chi connectivity index (χ2n) is 5.63. The van der Waals surface area contributed by atoms with Gasteiger partial charge in [0.2, 0.25) is 11.8 Å². The Hall–Kier alpha value is -1.88. The third-order valence-corrected chi connectivity index (χ3v) is 3.44. The predicted molar refractivity (Wildman–Crippen MR) is 90.0 cm³/mol. The molecule has 0 saturated heterocycles. The van der Waals surface area contributed by atoms with Crippen molar-refractivity contribution in [3.63, 3.8) is 0 Å². The molecule has 0 aliphatic rings. The van der Waals surface area contributed by atoms with Gasteiger partial charge in [-0.25, -0.2) is 0 Å². The average Bonchev–Trinajstić information content (AvgIpc) is 2.49. The van der Waals surface area contributed by atoms with E-state index in [1.807, 2.05) is 38.4 Å². The molecule has 22 heavy (non-hydrogen) atoms. The summed E-state index contributed by atoms with van der Waals surface area (Å²) in [6.07, 6.45) is 1.84. The summed E-state index contributed by atoms with van der Waals surface area (Å²) in [5.41, 5.74) is 1.97. The number of rotatable bonds is 8. The highest BCUT2D eigenvalue weighted by molar-refractivity contribution is 5.97. The first kappa shape index (κ1) is 18.2. The summed E-state index contributed by atoms with van der Waals surface area (Å²) in [5, 5.41) is 2.86. The number of anilines is 1. The summed E-state index contributed by atoms with van der Waals surface area (Å²) >= 11 is 0. The minimum absolute atomic E-state index is 0.0583. The number of hydrogen-bond acceptors (Lipinski definition) is 3. The van der Waals surface area contributed by atoms with Crippen LogP contribution in [-0.2, 0) is 16.0 Å². The summed E-state index contributed by atoms with van der Waals surface area (Å²) in [7, 11) is 4.00. The topological polar surface area (TPSA) is 52.7 Å². The van der Waals surface area contributed by atoms with E-state index in [0.29, 0.717) is 6.54 Å². The molecule has 1 aromatic rings. The third-order valence-electron chi connectivity index (χ3n) is 3.44. The smallest absolute Gasteiger partial charge is 0.240 e. The highest BCUT2D eigenvalue weighted by Crippen LogP contribution is 2.15. The molecular formula is C17H27N3O2. The lowest BCUT2D eigenvalue weighted by molar-refractivity contribution is -0.123. The molecule has 122 valence electrons. The fourth-order valence-corrected chi connectivity index (χ4v) is 2.12. The van der Waals surface area contributed by atoms with E-state index in [2.05, 4.69) is 17.1 Å². The molecular weight excluding hydrogens is 278 g/mol. The first-order chi connectivity index (χ1) is 10.4. The quantitative estimate of drug-likeness (QED) is 0.743. The van der Waals surface area contributed by atoms with Gasteiger partial charge in [-0.3, -0.25) is 9.59 Å². The molecule has 0 unspecified atom stereocenters. The molecule has 2 amide bonds. The molecule has 0 fully saturated rings. The van der Waals surface area contributed by atoms with Gasteiger partial charge >= 0.3 is 0 Å². The van der Waals surface area contributed by atoms with Crippen molar-refractivity contribution >= 4 is 17.5 Å². The molecule has 1 aromatic carbocycles. The molecule has 0 spiro atoms. The Morgan fingerprint density at radius 1 is 1.14 bits per heavy atom. The molecule has 5 heteroatoms. The number of nitrogens with zero attached hydrogens (tertiary/aromatic N) is 2. The zero-order chi connectivity index (χ0) is 16.5. The van der Waals surface area contributed by atoms with Gasteiger partial charge in [-0.2, -0.15) is 0 Å². The van der Waals surface area contributed by atoms with Crippen LogP contribution in [0.1, 0.15) is 25.8 Å². The Labute approximate surface area is 133 Å². The molecule has 5 nitrogen and oxygen atoms in total. The Morgan fingerprint density at radius 2 is 1.77 bits per heavy atom. The zero-order valence-corrected chi connectivity index (χ0v) is 14.1. The van der Waals surface area contributed by atoms with Crippen LogP contribution in [0.2, 0.25) is 0 Å². The lowest BCUT2D eigenvalue weighted by atomic mass is 10.1. The third kappa shape index (κ3) is 6.26. The van der Waals surface area contributed by atoms with Crippen molar-refractivity contribution < 1.29 is 9.59 Å². The van der Waals surface area contributed by atoms with Gasteiger partial charge in [0.05, 0.1) is 0 Å². The summed E-state index contributed by atoms with van der Waals surface area (Å²) in [6, 6.07) is 7.75. The first-order valence-corrected chi connectivity index (χ1v) is 7.72. The maximum absolute atomic E-state index is 12.0. The number of benzene rings is 1. The van der Waals surface area contributed by atoms with Crippen LogP contribution in [-0.4, -0.2) is 50.4 Å². The molecule has 0 heterocycles. The van der Waals surface area contributed by atoms with E-state index < -0.39 is 0 Å². The fourth-order valence-electron chi connectivity index (χ4n) is 2.12. The van der Waals surface area contributed by atoms with E-state index >= 15 is 0 Å². The van der Waals surface area contributed by atoms with E-state index in [0.717, 1.165) is 25.1 Å². The Balaban J connectivity index is 2.56. The summed E-state index contributed by atoms with van der Waals surface area (Å²) in [6.45, 7) is 5.17. The maximum Gasteiger partial charge on any atom is 0.240 e. The number of amides is 2. The van der Waals surface area contributed by atoms with Crippen LogP contribution in [0.3, 0.4) is 0 Å². The van der Waals surface area contributed by atoms with Crippen LogP contribution in [0.25, 0.3) is 0 Å². The highest BCUT2D eigenvalue weighted by Gasteiger charge is 2.15. The van der Waals surface area contributed by atoms with Crippen molar-refractivity contribution in [2.24, 2.45) is 0 Å². The van der Waals surface area contributed by atoms with Gasteiger partial charge in [0.25, 0.3) is 0 Å². The SMILES string of the molecule is CCc1ccc(N(CC(=O)NCCCN(C)C)C(C)=O)cc1. The van der Waals surface area contributed by atoms with Crippen molar-refractivity contribution in [1.29, 1.82) is 0 Å². The van der Waals surface area contributed by atoms with E-state index in [4.69, 9.17) is 0 Å². The molecule has 0 saturated carbocycles. The zero-order valence-electron chi connectivity index (χ0n) is 14.1. The molecule has 0 aliphatic heterocycles. The van der Waals surface area contributed by atoms with Gasteiger partial charge in [0, 0.05) is 19.2 Å². The van der Waals surface area contributed by atoms with Gasteiger partial charge in [-0.15, -0.1) is 0 Å². The van der Waals surface area contributed by atoms with Gasteiger partial charge in [0.1, 0.15) is 6.54 Å². The number of aryl methyl sites for hydroxylation is 1. The first-order valence-electron chi connectivity index (χ1n) is 7.72. The van der Waals surface area contributed by atoms with Crippen molar-refractivity contribution in [2.75, 3.05) is 38.6 Å². The monoisotopic (exact) mass is 305 g/mol. The molecule has 1 N–H and O–H groups in total. The van der Waals surface area contributed by atoms with Crippen LogP contribution < -0.4 is 10.2 Å². The molecule has 1 rings (SSSR count). The minimum Gasteiger partial charge on any atom is -0.355 e. The second kappa shape index (κ2) is 9.20. The number of hydrogen-bond donors (Lipinski definition) is 1. The highest BCUT2D eigenvalue weighted by atomic mass is 16.2. The largest absolute Gasteiger partial charge is 0.355 e. The Morgan fingerprint density at radius 3 is 2.27 bits per heavy atom. The minimum atomic E-state index is -0.132. The second-order valence-corrected chi connectivity index (χ2v) is 5.63. The van der Waals surface area contributed by atoms with Crippen LogP contribution in [0, 0.1) is 0 Å². The van der Waals surface area contributed by atoms with E-state index in [9.17, 15) is 9.59 Å². The van der Waals surface area contributed by atoms with E-state index in [1.165, 1.54) is 17.4 Å².